The van der Waals surface area contributed by atoms with Crippen LogP contribution in [0.1, 0.15) is 0 Å². The molecule has 0 bridgehead atoms. The van der Waals surface area contributed by atoms with E-state index in [1.807, 2.05) is 30.3 Å². The van der Waals surface area contributed by atoms with E-state index < -0.39 is 0 Å². The molecular weight excluding hydrogens is 262 g/mol. The molecule has 0 aliphatic heterocycles. The zero-order valence-corrected chi connectivity index (χ0v) is 10.6. The van der Waals surface area contributed by atoms with Crippen molar-refractivity contribution in [2.45, 2.75) is 0 Å². The van der Waals surface area contributed by atoms with Gasteiger partial charge in [0.1, 0.15) is 0 Å². The van der Waals surface area contributed by atoms with Gasteiger partial charge in [-0.3, -0.25) is 0 Å². The van der Waals surface area contributed by atoms with Crippen molar-refractivity contribution in [3.8, 4) is 17.1 Å². The normalized spacial score (nSPS) is 10.6. The van der Waals surface area contributed by atoms with Crippen molar-refractivity contribution < 1.29 is 0 Å². The number of benzene rings is 2. The molecule has 94 valence electrons. The zero-order valence-electron chi connectivity index (χ0n) is 9.86. The van der Waals surface area contributed by atoms with E-state index in [1.165, 1.54) is 0 Å². The van der Waals surface area contributed by atoms with Gasteiger partial charge in [-0.1, -0.05) is 41.9 Å². The minimum atomic E-state index is 0.504. The van der Waals surface area contributed by atoms with Crippen molar-refractivity contribution in [3.63, 3.8) is 0 Å². The number of anilines is 1. The Bertz CT molecular complexity index is 708. The Morgan fingerprint density at radius 1 is 1.05 bits per heavy atom. The van der Waals surface area contributed by atoms with Gasteiger partial charge in [0, 0.05) is 11.3 Å². The summed E-state index contributed by atoms with van der Waals surface area (Å²) < 4.78 is 1.59. The standard InChI is InChI=1S/C13H10ClN5/c14-11-8-10(15)6-7-12(11)19-13(16-17-18-19)9-4-2-1-3-5-9/h1-8H,15H2. The molecule has 0 radical (unpaired) electrons. The van der Waals surface area contributed by atoms with Crippen LogP contribution in [0.4, 0.5) is 5.69 Å². The van der Waals surface area contributed by atoms with Crippen LogP contribution in [0, 0.1) is 0 Å². The van der Waals surface area contributed by atoms with Crippen LogP contribution in [0.3, 0.4) is 0 Å². The topological polar surface area (TPSA) is 69.6 Å². The van der Waals surface area contributed by atoms with Crippen LogP contribution >= 0.6 is 11.6 Å². The van der Waals surface area contributed by atoms with Crippen LogP contribution in [-0.4, -0.2) is 20.2 Å². The summed E-state index contributed by atoms with van der Waals surface area (Å²) in [5.74, 6) is 0.632. The van der Waals surface area contributed by atoms with Gasteiger partial charge < -0.3 is 5.73 Å². The highest BCUT2D eigenvalue weighted by atomic mass is 35.5. The van der Waals surface area contributed by atoms with Crippen molar-refractivity contribution in [1.82, 2.24) is 20.2 Å². The molecule has 0 unspecified atom stereocenters. The Morgan fingerprint density at radius 3 is 2.58 bits per heavy atom. The van der Waals surface area contributed by atoms with Crippen LogP contribution in [0.2, 0.25) is 5.02 Å². The van der Waals surface area contributed by atoms with Crippen LogP contribution in [0.25, 0.3) is 17.1 Å². The van der Waals surface area contributed by atoms with Gasteiger partial charge in [0.2, 0.25) is 0 Å². The molecule has 0 atom stereocenters. The summed E-state index contributed by atoms with van der Waals surface area (Å²) in [6.07, 6.45) is 0. The predicted octanol–water partition coefficient (Wildman–Crippen LogP) is 2.56. The first-order valence-corrected chi connectivity index (χ1v) is 6.03. The number of hydrogen-bond acceptors (Lipinski definition) is 4. The maximum absolute atomic E-state index is 6.18. The molecule has 2 N–H and O–H groups in total. The maximum atomic E-state index is 6.18. The van der Waals surface area contributed by atoms with Gasteiger partial charge in [-0.2, -0.15) is 4.68 Å². The second-order valence-corrected chi connectivity index (χ2v) is 4.40. The molecule has 0 saturated heterocycles. The number of nitrogens with two attached hydrogens (primary N) is 1. The van der Waals surface area contributed by atoms with E-state index in [4.69, 9.17) is 17.3 Å². The lowest BCUT2D eigenvalue weighted by Gasteiger charge is -2.07. The van der Waals surface area contributed by atoms with Gasteiger partial charge in [-0.05, 0) is 28.6 Å². The molecule has 0 aliphatic carbocycles. The molecule has 2 aromatic carbocycles. The van der Waals surface area contributed by atoms with Crippen molar-refractivity contribution in [2.75, 3.05) is 5.73 Å². The number of tetrazole rings is 1. The number of rotatable bonds is 2. The summed E-state index contributed by atoms with van der Waals surface area (Å²) in [5, 5.41) is 12.2. The lowest BCUT2D eigenvalue weighted by molar-refractivity contribution is 0.791. The molecule has 0 aliphatic rings. The van der Waals surface area contributed by atoms with Gasteiger partial charge in [0.15, 0.2) is 5.82 Å². The number of aromatic nitrogens is 4. The Hall–Kier alpha value is -2.40. The van der Waals surface area contributed by atoms with Gasteiger partial charge >= 0.3 is 0 Å². The van der Waals surface area contributed by atoms with E-state index in [0.29, 0.717) is 22.2 Å². The van der Waals surface area contributed by atoms with E-state index in [0.717, 1.165) is 5.56 Å². The average Bonchev–Trinajstić information content (AvgIpc) is 2.89. The summed E-state index contributed by atoms with van der Waals surface area (Å²) in [7, 11) is 0. The highest BCUT2D eigenvalue weighted by Crippen LogP contribution is 2.26. The fourth-order valence-electron chi connectivity index (χ4n) is 1.81. The van der Waals surface area contributed by atoms with Gasteiger partial charge in [-0.25, -0.2) is 0 Å². The second-order valence-electron chi connectivity index (χ2n) is 3.99. The minimum absolute atomic E-state index is 0.504. The van der Waals surface area contributed by atoms with Crippen molar-refractivity contribution in [1.29, 1.82) is 0 Å². The van der Waals surface area contributed by atoms with Crippen molar-refractivity contribution in [2.24, 2.45) is 0 Å². The Kier molecular flexibility index (Phi) is 2.89. The first-order valence-electron chi connectivity index (χ1n) is 5.65. The summed E-state index contributed by atoms with van der Waals surface area (Å²) in [6, 6.07) is 14.9. The molecule has 3 rings (SSSR count). The highest BCUT2D eigenvalue weighted by molar-refractivity contribution is 6.32. The fraction of sp³-hybridized carbons (Fsp3) is 0. The predicted molar refractivity (Wildman–Crippen MR) is 74.0 cm³/mol. The third-order valence-corrected chi connectivity index (χ3v) is 3.00. The molecule has 0 spiro atoms. The summed E-state index contributed by atoms with van der Waals surface area (Å²) in [5.41, 5.74) is 7.90. The number of nitrogens with zero attached hydrogens (tertiary/aromatic N) is 4. The molecule has 1 aromatic heterocycles. The third kappa shape index (κ3) is 2.15. The third-order valence-electron chi connectivity index (χ3n) is 2.70. The smallest absolute Gasteiger partial charge is 0.187 e. The lowest BCUT2D eigenvalue weighted by Crippen LogP contribution is -2.01. The van der Waals surface area contributed by atoms with Gasteiger partial charge in [-0.15, -0.1) is 5.10 Å². The van der Waals surface area contributed by atoms with E-state index in [1.54, 1.807) is 22.9 Å². The first kappa shape index (κ1) is 11.7. The Morgan fingerprint density at radius 2 is 1.84 bits per heavy atom. The van der Waals surface area contributed by atoms with E-state index >= 15 is 0 Å². The lowest BCUT2D eigenvalue weighted by atomic mass is 10.2. The van der Waals surface area contributed by atoms with Gasteiger partial charge in [0.25, 0.3) is 0 Å². The van der Waals surface area contributed by atoms with Crippen LogP contribution in [-0.2, 0) is 0 Å². The average molecular weight is 272 g/mol. The number of hydrogen-bond donors (Lipinski definition) is 1. The minimum Gasteiger partial charge on any atom is -0.399 e. The number of halogens is 1. The molecule has 1 heterocycles. The second kappa shape index (κ2) is 4.70. The number of nitrogen functional groups attached to an aromatic ring is 1. The molecule has 0 saturated carbocycles. The summed E-state index contributed by atoms with van der Waals surface area (Å²) in [6.45, 7) is 0. The molecular formula is C13H10ClN5. The van der Waals surface area contributed by atoms with Crippen LogP contribution in [0.15, 0.2) is 48.5 Å². The Labute approximate surface area is 114 Å². The van der Waals surface area contributed by atoms with Crippen LogP contribution in [0.5, 0.6) is 0 Å². The molecule has 3 aromatic rings. The van der Waals surface area contributed by atoms with E-state index in [9.17, 15) is 0 Å². The zero-order chi connectivity index (χ0) is 13.2. The monoisotopic (exact) mass is 271 g/mol. The quantitative estimate of drug-likeness (QED) is 0.727. The molecule has 0 amide bonds. The molecule has 6 heteroatoms. The SMILES string of the molecule is Nc1ccc(-n2nnnc2-c2ccccc2)c(Cl)c1. The molecule has 5 nitrogen and oxygen atoms in total. The van der Waals surface area contributed by atoms with Crippen LogP contribution < -0.4 is 5.73 Å². The maximum Gasteiger partial charge on any atom is 0.187 e. The van der Waals surface area contributed by atoms with Crippen molar-refractivity contribution in [3.05, 3.63) is 53.6 Å². The van der Waals surface area contributed by atoms with Gasteiger partial charge in [0.05, 0.1) is 10.7 Å². The van der Waals surface area contributed by atoms with E-state index in [-0.39, 0.29) is 0 Å². The summed E-state index contributed by atoms with van der Waals surface area (Å²) >= 11 is 6.18. The molecule has 0 fully saturated rings. The largest absolute Gasteiger partial charge is 0.399 e. The molecule has 19 heavy (non-hydrogen) atoms. The first-order chi connectivity index (χ1) is 9.25. The van der Waals surface area contributed by atoms with E-state index in [2.05, 4.69) is 15.5 Å². The highest BCUT2D eigenvalue weighted by Gasteiger charge is 2.12. The van der Waals surface area contributed by atoms with Crippen molar-refractivity contribution >= 4 is 17.3 Å². The Balaban J connectivity index is 2.15. The summed E-state index contributed by atoms with van der Waals surface area (Å²) in [4.78, 5) is 0. The fourth-order valence-corrected chi connectivity index (χ4v) is 2.08.